The Morgan fingerprint density at radius 3 is 2.84 bits per heavy atom. The average molecular weight is 417 g/mol. The van der Waals surface area contributed by atoms with E-state index < -0.39 is 11.0 Å². The Morgan fingerprint density at radius 2 is 2.00 bits per heavy atom. The molecule has 2 aliphatic heterocycles. The van der Waals surface area contributed by atoms with Gasteiger partial charge in [0.1, 0.15) is 0 Å². The molecule has 1 fully saturated rings. The van der Waals surface area contributed by atoms with Crippen molar-refractivity contribution in [3.63, 3.8) is 0 Å². The third kappa shape index (κ3) is 2.16. The predicted octanol–water partition coefficient (Wildman–Crippen LogP) is 3.85. The highest BCUT2D eigenvalue weighted by Crippen LogP contribution is 2.67. The van der Waals surface area contributed by atoms with Crippen LogP contribution in [0.5, 0.6) is 11.5 Å². The van der Waals surface area contributed by atoms with Crippen molar-refractivity contribution in [2.24, 2.45) is 0 Å². The summed E-state index contributed by atoms with van der Waals surface area (Å²) in [6.45, 7) is 4.87. The molecule has 4 atom stereocenters. The lowest BCUT2D eigenvalue weighted by molar-refractivity contribution is -0.134. The number of hydrogen-bond donors (Lipinski definition) is 2. The van der Waals surface area contributed by atoms with Gasteiger partial charge in [0.15, 0.2) is 17.6 Å². The molecule has 3 aromatic rings. The summed E-state index contributed by atoms with van der Waals surface area (Å²) in [6.07, 6.45) is 1.92. The molecule has 2 N–H and O–H groups in total. The first kappa shape index (κ1) is 19.1. The van der Waals surface area contributed by atoms with E-state index in [4.69, 9.17) is 14.5 Å². The van der Waals surface area contributed by atoms with Crippen LogP contribution >= 0.6 is 0 Å². The summed E-state index contributed by atoms with van der Waals surface area (Å²) in [5.74, 6) is 1.55. The third-order valence-corrected chi connectivity index (χ3v) is 7.78. The van der Waals surface area contributed by atoms with Crippen LogP contribution < -0.4 is 14.8 Å². The van der Waals surface area contributed by atoms with Crippen LogP contribution in [0.4, 0.5) is 0 Å². The Hall–Kier alpha value is -2.63. The molecule has 1 saturated heterocycles. The van der Waals surface area contributed by atoms with Gasteiger partial charge in [0.25, 0.3) is 0 Å². The standard InChI is InChI=1S/C24H22N2O3.C2H6/c1-28-17-7-6-14-11-18-24(27)12-15-10-13-4-2-3-5-16(13)26-20(15)22-23(24,8-9-25-18)19(14)21(17)29-22;1-2/h2-7,10,18,22,25,27H,8-9,11-12H2,1H3;1-2H3/t18-,22?,23+,24?;/m1./s1. The lowest BCUT2D eigenvalue weighted by Crippen LogP contribution is -2.73. The van der Waals surface area contributed by atoms with Gasteiger partial charge in [0, 0.05) is 23.4 Å². The Labute approximate surface area is 182 Å². The number of fused-ring (bicyclic) bond motifs is 3. The van der Waals surface area contributed by atoms with Gasteiger partial charge in [-0.1, -0.05) is 38.1 Å². The van der Waals surface area contributed by atoms with Gasteiger partial charge >= 0.3 is 0 Å². The SMILES string of the molecule is CC.COc1ccc2c3c1OC1c4nc5ccccc5cc4CC4(O)[C@@H](C2)NCC[C@]314. The summed E-state index contributed by atoms with van der Waals surface area (Å²) in [7, 11) is 1.68. The van der Waals surface area contributed by atoms with Crippen molar-refractivity contribution in [3.05, 3.63) is 64.8 Å². The molecule has 5 heteroatoms. The molecular formula is C26H28N2O3. The highest BCUT2D eigenvalue weighted by molar-refractivity contribution is 5.80. The molecule has 0 radical (unpaired) electrons. The van der Waals surface area contributed by atoms with E-state index in [9.17, 15) is 5.11 Å². The molecule has 2 unspecified atom stereocenters. The quantitative estimate of drug-likeness (QED) is 0.631. The van der Waals surface area contributed by atoms with Crippen LogP contribution in [0.15, 0.2) is 42.5 Å². The number of aromatic nitrogens is 1. The maximum atomic E-state index is 12.3. The molecule has 1 spiro atoms. The molecule has 1 aromatic heterocycles. The summed E-state index contributed by atoms with van der Waals surface area (Å²) < 4.78 is 12.3. The minimum absolute atomic E-state index is 0.00816. The second-order valence-electron chi connectivity index (χ2n) is 8.89. The Balaban J connectivity index is 0.000000902. The molecule has 160 valence electrons. The minimum Gasteiger partial charge on any atom is -0.493 e. The number of nitrogens with zero attached hydrogens (tertiary/aromatic N) is 1. The first-order valence-corrected chi connectivity index (χ1v) is 11.4. The van der Waals surface area contributed by atoms with Crippen LogP contribution in [-0.4, -0.2) is 35.4 Å². The second-order valence-corrected chi connectivity index (χ2v) is 8.89. The zero-order chi connectivity index (χ0) is 21.4. The number of rotatable bonds is 1. The predicted molar refractivity (Wildman–Crippen MR) is 120 cm³/mol. The topological polar surface area (TPSA) is 63.6 Å². The highest BCUT2D eigenvalue weighted by atomic mass is 16.5. The number of para-hydroxylation sites is 1. The summed E-state index contributed by atoms with van der Waals surface area (Å²) in [4.78, 5) is 5.06. The summed E-state index contributed by atoms with van der Waals surface area (Å²) in [5.41, 5.74) is 4.06. The average Bonchev–Trinajstić information content (AvgIpc) is 3.14. The van der Waals surface area contributed by atoms with E-state index >= 15 is 0 Å². The van der Waals surface area contributed by atoms with E-state index in [0.29, 0.717) is 6.42 Å². The van der Waals surface area contributed by atoms with E-state index in [0.717, 1.165) is 58.6 Å². The lowest BCUT2D eigenvalue weighted by atomic mass is 9.49. The van der Waals surface area contributed by atoms with Crippen LogP contribution in [0.2, 0.25) is 0 Å². The summed E-state index contributed by atoms with van der Waals surface area (Å²) in [5, 5.41) is 17.0. The van der Waals surface area contributed by atoms with E-state index in [2.05, 4.69) is 23.5 Å². The van der Waals surface area contributed by atoms with Crippen molar-refractivity contribution in [2.45, 2.75) is 56.3 Å². The lowest BCUT2D eigenvalue weighted by Gasteiger charge is -2.60. The molecule has 0 saturated carbocycles. The molecule has 0 amide bonds. The van der Waals surface area contributed by atoms with E-state index in [-0.39, 0.29) is 12.1 Å². The molecule has 7 rings (SSSR count). The molecule has 31 heavy (non-hydrogen) atoms. The van der Waals surface area contributed by atoms with Gasteiger partial charge < -0.3 is 19.9 Å². The fraction of sp³-hybridized carbons (Fsp3) is 0.423. The Kier molecular flexibility index (Phi) is 3.96. The van der Waals surface area contributed by atoms with Gasteiger partial charge in [-0.3, -0.25) is 0 Å². The van der Waals surface area contributed by atoms with E-state index in [1.54, 1.807) is 7.11 Å². The fourth-order valence-electron chi connectivity index (χ4n) is 6.59. The van der Waals surface area contributed by atoms with Crippen molar-refractivity contribution in [2.75, 3.05) is 13.7 Å². The van der Waals surface area contributed by atoms with Gasteiger partial charge in [-0.15, -0.1) is 0 Å². The summed E-state index contributed by atoms with van der Waals surface area (Å²) >= 11 is 0. The normalized spacial score (nSPS) is 31.1. The van der Waals surface area contributed by atoms with Crippen molar-refractivity contribution < 1.29 is 14.6 Å². The van der Waals surface area contributed by atoms with Crippen molar-refractivity contribution in [1.29, 1.82) is 0 Å². The maximum Gasteiger partial charge on any atom is 0.166 e. The minimum atomic E-state index is -0.905. The maximum absolute atomic E-state index is 12.3. The Morgan fingerprint density at radius 1 is 1.16 bits per heavy atom. The first-order chi connectivity index (χ1) is 15.2. The van der Waals surface area contributed by atoms with Crippen LogP contribution in [0, 0.1) is 0 Å². The number of hydrogen-bond acceptors (Lipinski definition) is 5. The van der Waals surface area contributed by atoms with Gasteiger partial charge in [-0.2, -0.15) is 0 Å². The van der Waals surface area contributed by atoms with E-state index in [1.165, 1.54) is 5.56 Å². The van der Waals surface area contributed by atoms with Crippen molar-refractivity contribution in [1.82, 2.24) is 10.3 Å². The fourth-order valence-corrected chi connectivity index (χ4v) is 6.59. The molecule has 3 heterocycles. The first-order valence-electron chi connectivity index (χ1n) is 11.4. The number of pyridine rings is 1. The van der Waals surface area contributed by atoms with Crippen molar-refractivity contribution >= 4 is 10.9 Å². The van der Waals surface area contributed by atoms with Gasteiger partial charge in [-0.05, 0) is 48.7 Å². The second kappa shape index (κ2) is 6.44. The zero-order valence-electron chi connectivity index (χ0n) is 18.2. The third-order valence-electron chi connectivity index (χ3n) is 7.78. The molecule has 2 aliphatic carbocycles. The largest absolute Gasteiger partial charge is 0.493 e. The van der Waals surface area contributed by atoms with Gasteiger partial charge in [-0.25, -0.2) is 4.98 Å². The molecule has 2 aromatic carbocycles. The van der Waals surface area contributed by atoms with Crippen LogP contribution in [-0.2, 0) is 18.3 Å². The van der Waals surface area contributed by atoms with Crippen LogP contribution in [0.25, 0.3) is 10.9 Å². The van der Waals surface area contributed by atoms with E-state index in [1.807, 2.05) is 38.1 Å². The molecule has 4 aliphatic rings. The number of ether oxygens (including phenoxy) is 2. The van der Waals surface area contributed by atoms with Gasteiger partial charge in [0.05, 0.1) is 29.3 Å². The number of aliphatic hydroxyl groups is 1. The summed E-state index contributed by atoms with van der Waals surface area (Å²) in [6, 6.07) is 14.5. The van der Waals surface area contributed by atoms with Gasteiger partial charge in [0.2, 0.25) is 0 Å². The van der Waals surface area contributed by atoms with Crippen LogP contribution in [0.3, 0.4) is 0 Å². The highest BCUT2D eigenvalue weighted by Gasteiger charge is 2.71. The zero-order valence-corrected chi connectivity index (χ0v) is 18.2. The molecule has 2 bridgehead atoms. The monoisotopic (exact) mass is 416 g/mol. The molecular weight excluding hydrogens is 388 g/mol. The number of methoxy groups -OCH3 is 1. The number of nitrogens with one attached hydrogen (secondary N) is 1. The molecule has 5 nitrogen and oxygen atoms in total. The van der Waals surface area contributed by atoms with Crippen molar-refractivity contribution in [3.8, 4) is 11.5 Å². The smallest absolute Gasteiger partial charge is 0.166 e. The number of benzene rings is 2. The van der Waals surface area contributed by atoms with Crippen LogP contribution in [0.1, 0.15) is 48.8 Å². The Bertz CT molecular complexity index is 1210. The number of piperidine rings is 1.